The Morgan fingerprint density at radius 3 is 2.29 bits per heavy atom. The molecule has 0 spiro atoms. The fourth-order valence-electron chi connectivity index (χ4n) is 9.48. The number of rotatable bonds is 5. The largest absolute Gasteiger partial charge is 0.393 e. The highest BCUT2D eigenvalue weighted by Crippen LogP contribution is 2.69. The lowest BCUT2D eigenvalue weighted by molar-refractivity contribution is -0.203. The summed E-state index contributed by atoms with van der Waals surface area (Å²) in [6.07, 6.45) is 8.60. The van der Waals surface area contributed by atoms with Gasteiger partial charge < -0.3 is 10.2 Å². The third kappa shape index (κ3) is 3.91. The van der Waals surface area contributed by atoms with Crippen molar-refractivity contribution >= 4 is 10.0 Å². The van der Waals surface area contributed by atoms with Gasteiger partial charge >= 0.3 is 0 Å². The zero-order valence-electron chi connectivity index (χ0n) is 20.0. The third-order valence-electron chi connectivity index (χ3n) is 11.0. The van der Waals surface area contributed by atoms with E-state index >= 15 is 0 Å². The standard InChI is InChI=1S/C25H45NO4S/c1-5-17-21-14-16(27)8-11-25(21,4)20-9-12-24(3)18(15(2)10-13-31(26,29)30)6-7-19(24)22(20)23(17)28/h15-23,27-28H,5-14H2,1-4H3,(H2,26,29,30)/t15-,16-,17-,18-,19+,20+,21?,22?,23-,24?,25+/m1/s1. The number of sulfonamides is 1. The number of fused-ring (bicyclic) bond motifs is 5. The van der Waals surface area contributed by atoms with Crippen LogP contribution in [0.2, 0.25) is 0 Å². The second-order valence-corrected chi connectivity index (χ2v) is 14.0. The van der Waals surface area contributed by atoms with E-state index in [0.29, 0.717) is 41.9 Å². The molecular formula is C25H45NO4S. The van der Waals surface area contributed by atoms with Crippen LogP contribution in [0.1, 0.15) is 85.5 Å². The molecular weight excluding hydrogens is 410 g/mol. The molecule has 0 aliphatic heterocycles. The minimum atomic E-state index is -3.42. The molecule has 0 heterocycles. The topological polar surface area (TPSA) is 101 Å². The van der Waals surface area contributed by atoms with Crippen molar-refractivity contribution in [1.29, 1.82) is 0 Å². The molecule has 6 heteroatoms. The van der Waals surface area contributed by atoms with Gasteiger partial charge in [-0.3, -0.25) is 0 Å². The highest BCUT2D eigenvalue weighted by atomic mass is 32.2. The first-order valence-electron chi connectivity index (χ1n) is 12.8. The molecule has 0 bridgehead atoms. The first-order chi connectivity index (χ1) is 14.4. The summed E-state index contributed by atoms with van der Waals surface area (Å²) in [7, 11) is -3.42. The molecule has 5 nitrogen and oxygen atoms in total. The minimum Gasteiger partial charge on any atom is -0.393 e. The Morgan fingerprint density at radius 1 is 1.00 bits per heavy atom. The van der Waals surface area contributed by atoms with Crippen LogP contribution in [0.3, 0.4) is 0 Å². The van der Waals surface area contributed by atoms with E-state index in [1.807, 2.05) is 0 Å². The molecule has 4 fully saturated rings. The van der Waals surface area contributed by atoms with Gasteiger partial charge in [-0.1, -0.05) is 34.1 Å². The molecule has 4 rings (SSSR count). The normalized spacial score (nSPS) is 50.9. The van der Waals surface area contributed by atoms with Crippen molar-refractivity contribution in [3.8, 4) is 0 Å². The summed E-state index contributed by atoms with van der Waals surface area (Å²) in [6.45, 7) is 9.33. The van der Waals surface area contributed by atoms with Crippen molar-refractivity contribution in [3.05, 3.63) is 0 Å². The molecule has 0 aromatic heterocycles. The minimum absolute atomic E-state index is 0.0695. The second kappa shape index (κ2) is 8.25. The highest BCUT2D eigenvalue weighted by Gasteiger charge is 2.64. The third-order valence-corrected chi connectivity index (χ3v) is 11.8. The number of aliphatic hydroxyl groups excluding tert-OH is 2. The van der Waals surface area contributed by atoms with E-state index in [0.717, 1.165) is 44.9 Å². The molecule has 4 aliphatic carbocycles. The van der Waals surface area contributed by atoms with Crippen molar-refractivity contribution in [1.82, 2.24) is 0 Å². The number of aliphatic hydroxyl groups is 2. The first kappa shape index (κ1) is 24.0. The van der Waals surface area contributed by atoms with Crippen LogP contribution in [-0.2, 0) is 10.0 Å². The van der Waals surface area contributed by atoms with Crippen molar-refractivity contribution in [2.45, 2.75) is 97.7 Å². The lowest BCUT2D eigenvalue weighted by Gasteiger charge is -2.64. The Bertz CT molecular complexity index is 771. The molecule has 180 valence electrons. The quantitative estimate of drug-likeness (QED) is 0.585. The van der Waals surface area contributed by atoms with Gasteiger partial charge in [-0.05, 0) is 104 Å². The van der Waals surface area contributed by atoms with Crippen LogP contribution in [0, 0.1) is 52.3 Å². The summed E-state index contributed by atoms with van der Waals surface area (Å²) in [5.41, 5.74) is 0.401. The molecule has 4 N–H and O–H groups in total. The SMILES string of the molecule is CC[C@@H]1C2C[C@H](O)CC[C@@]2(C)[C@H]2CCC3(C)[C@@H]([C@H](C)CCS(N)(=O)=O)CC[C@H]3C2[C@@H]1O. The fraction of sp³-hybridized carbons (Fsp3) is 1.00. The van der Waals surface area contributed by atoms with Gasteiger partial charge in [0.15, 0.2) is 0 Å². The van der Waals surface area contributed by atoms with Crippen molar-refractivity contribution < 1.29 is 18.6 Å². The Labute approximate surface area is 189 Å². The van der Waals surface area contributed by atoms with E-state index < -0.39 is 10.0 Å². The molecule has 0 amide bonds. The number of primary sulfonamides is 1. The van der Waals surface area contributed by atoms with E-state index in [1.165, 1.54) is 6.42 Å². The summed E-state index contributed by atoms with van der Waals surface area (Å²) >= 11 is 0. The fourth-order valence-corrected chi connectivity index (χ4v) is 10.2. The Kier molecular flexibility index (Phi) is 6.38. The molecule has 3 unspecified atom stereocenters. The summed E-state index contributed by atoms with van der Waals surface area (Å²) in [5, 5.41) is 27.4. The van der Waals surface area contributed by atoms with Gasteiger partial charge in [-0.15, -0.1) is 0 Å². The van der Waals surface area contributed by atoms with E-state index in [9.17, 15) is 18.6 Å². The maximum atomic E-state index is 11.7. The van der Waals surface area contributed by atoms with Gasteiger partial charge in [0.25, 0.3) is 0 Å². The number of hydrogen-bond donors (Lipinski definition) is 3. The van der Waals surface area contributed by atoms with Crippen LogP contribution in [0.5, 0.6) is 0 Å². The van der Waals surface area contributed by atoms with Gasteiger partial charge in [0.1, 0.15) is 0 Å². The molecule has 4 saturated carbocycles. The predicted octanol–water partition coefficient (Wildman–Crippen LogP) is 3.93. The van der Waals surface area contributed by atoms with Gasteiger partial charge in [0, 0.05) is 0 Å². The molecule has 0 aromatic carbocycles. The van der Waals surface area contributed by atoms with Crippen LogP contribution in [0.4, 0.5) is 0 Å². The van der Waals surface area contributed by atoms with Crippen LogP contribution < -0.4 is 5.14 Å². The average Bonchev–Trinajstić information content (AvgIpc) is 3.04. The van der Waals surface area contributed by atoms with E-state index in [2.05, 4.69) is 27.7 Å². The van der Waals surface area contributed by atoms with Gasteiger partial charge in [-0.25, -0.2) is 13.6 Å². The van der Waals surface area contributed by atoms with E-state index in [-0.39, 0.29) is 34.7 Å². The molecule has 4 aliphatic rings. The van der Waals surface area contributed by atoms with Gasteiger partial charge in [-0.2, -0.15) is 0 Å². The van der Waals surface area contributed by atoms with Crippen molar-refractivity contribution in [2.24, 2.45) is 57.4 Å². The van der Waals surface area contributed by atoms with E-state index in [1.54, 1.807) is 0 Å². The second-order valence-electron chi connectivity index (χ2n) is 12.3. The van der Waals surface area contributed by atoms with Gasteiger partial charge in [0.05, 0.1) is 18.0 Å². The summed E-state index contributed by atoms with van der Waals surface area (Å²) < 4.78 is 23.1. The zero-order valence-corrected chi connectivity index (χ0v) is 20.8. The molecule has 0 saturated heterocycles. The van der Waals surface area contributed by atoms with Gasteiger partial charge in [0.2, 0.25) is 10.0 Å². The molecule has 0 radical (unpaired) electrons. The Morgan fingerprint density at radius 2 is 1.65 bits per heavy atom. The summed E-state index contributed by atoms with van der Waals surface area (Å²) in [5.74, 6) is 3.01. The number of nitrogens with two attached hydrogens (primary N) is 1. The van der Waals surface area contributed by atoms with E-state index in [4.69, 9.17) is 5.14 Å². The molecule has 11 atom stereocenters. The lowest BCUT2D eigenvalue weighted by atomic mass is 9.41. The van der Waals surface area contributed by atoms with Crippen LogP contribution in [0.25, 0.3) is 0 Å². The Balaban J connectivity index is 1.61. The number of hydrogen-bond acceptors (Lipinski definition) is 4. The lowest BCUT2D eigenvalue weighted by Crippen LogP contribution is -2.62. The summed E-state index contributed by atoms with van der Waals surface area (Å²) in [4.78, 5) is 0. The first-order valence-corrected chi connectivity index (χ1v) is 14.5. The molecule has 31 heavy (non-hydrogen) atoms. The molecule has 0 aromatic rings. The predicted molar refractivity (Wildman–Crippen MR) is 124 cm³/mol. The zero-order chi connectivity index (χ0) is 22.8. The van der Waals surface area contributed by atoms with Crippen LogP contribution in [-0.4, -0.2) is 36.6 Å². The smallest absolute Gasteiger partial charge is 0.209 e. The summed E-state index contributed by atoms with van der Waals surface area (Å²) in [6, 6.07) is 0. The monoisotopic (exact) mass is 455 g/mol. The van der Waals surface area contributed by atoms with Crippen molar-refractivity contribution in [3.63, 3.8) is 0 Å². The highest BCUT2D eigenvalue weighted by molar-refractivity contribution is 7.89. The average molecular weight is 456 g/mol. The van der Waals surface area contributed by atoms with Crippen LogP contribution in [0.15, 0.2) is 0 Å². The Hall–Kier alpha value is -0.170. The van der Waals surface area contributed by atoms with Crippen LogP contribution >= 0.6 is 0 Å². The maximum Gasteiger partial charge on any atom is 0.209 e. The van der Waals surface area contributed by atoms with Crippen molar-refractivity contribution in [2.75, 3.05) is 5.75 Å². The maximum absolute atomic E-state index is 11.7.